The van der Waals surface area contributed by atoms with E-state index in [9.17, 15) is 0 Å². The third kappa shape index (κ3) is 5.70. The van der Waals surface area contributed by atoms with Crippen LogP contribution < -0.4 is 0 Å². The maximum Gasteiger partial charge on any atom is 0.220 e. The molecular weight excluding hydrogens is 681 g/mol. The summed E-state index contributed by atoms with van der Waals surface area (Å²) in [6.45, 7) is 6.84. The van der Waals surface area contributed by atoms with Crippen LogP contribution >= 0.6 is 0 Å². The molecule has 268 valence electrons. The van der Waals surface area contributed by atoms with Crippen molar-refractivity contribution in [2.24, 2.45) is 0 Å². The molecule has 0 spiro atoms. The number of hydrogen-bond donors (Lipinski definition) is 0. The van der Waals surface area contributed by atoms with Crippen molar-refractivity contribution in [3.8, 4) is 56.3 Å². The third-order valence-electron chi connectivity index (χ3n) is 11.0. The van der Waals surface area contributed by atoms with Crippen LogP contribution in [0.2, 0.25) is 0 Å². The van der Waals surface area contributed by atoms with Crippen molar-refractivity contribution >= 4 is 32.8 Å². The van der Waals surface area contributed by atoms with Gasteiger partial charge in [0.25, 0.3) is 0 Å². The number of nitrogens with zero attached hydrogens (tertiary/aromatic N) is 4. The van der Waals surface area contributed by atoms with Gasteiger partial charge in [-0.25, -0.2) is 4.98 Å². The van der Waals surface area contributed by atoms with Crippen LogP contribution in [0.3, 0.4) is 0 Å². The van der Waals surface area contributed by atoms with E-state index in [1.165, 1.54) is 21.9 Å². The number of para-hydroxylation sites is 3. The van der Waals surface area contributed by atoms with Gasteiger partial charge in [0.1, 0.15) is 0 Å². The zero-order chi connectivity index (χ0) is 37.8. The minimum atomic E-state index is -0.0254. The lowest BCUT2D eigenvalue weighted by Crippen LogP contribution is -2.12. The second-order valence-electron chi connectivity index (χ2n) is 15.5. The van der Waals surface area contributed by atoms with E-state index in [4.69, 9.17) is 9.97 Å². The summed E-state index contributed by atoms with van der Waals surface area (Å²) >= 11 is 0. The van der Waals surface area contributed by atoms with Crippen molar-refractivity contribution in [2.45, 2.75) is 26.2 Å². The first-order valence-corrected chi connectivity index (χ1v) is 19.2. The van der Waals surface area contributed by atoms with E-state index in [0.29, 0.717) is 0 Å². The highest BCUT2D eigenvalue weighted by Crippen LogP contribution is 2.41. The largest absolute Gasteiger partial charge is 0.279 e. The molecule has 3 aromatic heterocycles. The Morgan fingerprint density at radius 3 is 1.75 bits per heavy atom. The van der Waals surface area contributed by atoms with Crippen LogP contribution in [-0.2, 0) is 5.41 Å². The molecule has 3 heterocycles. The first-order valence-electron chi connectivity index (χ1n) is 19.2. The van der Waals surface area contributed by atoms with Crippen LogP contribution in [0.15, 0.2) is 188 Å². The zero-order valence-corrected chi connectivity index (χ0v) is 31.7. The SMILES string of the molecule is CC(C)(C)c1ccc(-n2c(-n3c4ccccc4c4ccccc43)nc3c(-c4cccc(-c5cc(-c6ccccc6)ccn5)c4)cccc32)c(-c2ccccc2)c1. The molecule has 0 amide bonds. The normalized spacial score (nSPS) is 11.8. The van der Waals surface area contributed by atoms with E-state index in [2.05, 4.69) is 206 Å². The van der Waals surface area contributed by atoms with Gasteiger partial charge in [-0.1, -0.05) is 154 Å². The lowest BCUT2D eigenvalue weighted by atomic mass is 9.85. The molecule has 4 nitrogen and oxygen atoms in total. The predicted molar refractivity (Wildman–Crippen MR) is 234 cm³/mol. The molecule has 0 unspecified atom stereocenters. The van der Waals surface area contributed by atoms with Crippen molar-refractivity contribution in [3.05, 3.63) is 194 Å². The van der Waals surface area contributed by atoms with Crippen molar-refractivity contribution in [3.63, 3.8) is 0 Å². The van der Waals surface area contributed by atoms with Gasteiger partial charge in [-0.15, -0.1) is 0 Å². The van der Waals surface area contributed by atoms with Crippen LogP contribution in [0.5, 0.6) is 0 Å². The van der Waals surface area contributed by atoms with Crippen molar-refractivity contribution in [1.29, 1.82) is 0 Å². The average molecular weight is 721 g/mol. The van der Waals surface area contributed by atoms with Crippen LogP contribution in [-0.4, -0.2) is 19.1 Å². The smallest absolute Gasteiger partial charge is 0.220 e. The van der Waals surface area contributed by atoms with E-state index < -0.39 is 0 Å². The van der Waals surface area contributed by atoms with Gasteiger partial charge < -0.3 is 0 Å². The minimum absolute atomic E-state index is 0.0254. The molecule has 0 radical (unpaired) electrons. The summed E-state index contributed by atoms with van der Waals surface area (Å²) < 4.78 is 4.72. The van der Waals surface area contributed by atoms with Gasteiger partial charge >= 0.3 is 0 Å². The highest BCUT2D eigenvalue weighted by Gasteiger charge is 2.25. The molecule has 0 atom stereocenters. The molecule has 4 heteroatoms. The minimum Gasteiger partial charge on any atom is -0.279 e. The lowest BCUT2D eigenvalue weighted by molar-refractivity contribution is 0.590. The molecule has 10 aromatic rings. The fourth-order valence-electron chi connectivity index (χ4n) is 8.14. The number of imidazole rings is 1. The Kier molecular flexibility index (Phi) is 8.00. The molecule has 0 saturated carbocycles. The number of rotatable bonds is 6. The summed E-state index contributed by atoms with van der Waals surface area (Å²) in [5.41, 5.74) is 15.3. The van der Waals surface area contributed by atoms with Gasteiger partial charge in [-0.3, -0.25) is 14.1 Å². The maximum absolute atomic E-state index is 5.68. The molecule has 0 aliphatic rings. The molecule has 0 aliphatic heterocycles. The topological polar surface area (TPSA) is 35.6 Å². The number of benzene rings is 7. The molecule has 7 aromatic carbocycles. The number of pyridine rings is 1. The van der Waals surface area contributed by atoms with Crippen LogP contribution in [0.4, 0.5) is 0 Å². The van der Waals surface area contributed by atoms with Crippen molar-refractivity contribution in [2.75, 3.05) is 0 Å². The van der Waals surface area contributed by atoms with E-state index in [1.54, 1.807) is 0 Å². The molecule has 0 fully saturated rings. The summed E-state index contributed by atoms with van der Waals surface area (Å²) in [6.07, 6.45) is 1.90. The third-order valence-corrected chi connectivity index (χ3v) is 11.0. The summed E-state index contributed by atoms with van der Waals surface area (Å²) in [6, 6.07) is 65.0. The van der Waals surface area contributed by atoms with Crippen molar-refractivity contribution in [1.82, 2.24) is 19.1 Å². The summed E-state index contributed by atoms with van der Waals surface area (Å²) in [5.74, 6) is 0.846. The van der Waals surface area contributed by atoms with Crippen LogP contribution in [0.25, 0.3) is 89.1 Å². The molecule has 0 bridgehead atoms. The summed E-state index contributed by atoms with van der Waals surface area (Å²) in [4.78, 5) is 10.5. The Morgan fingerprint density at radius 1 is 0.429 bits per heavy atom. The fraction of sp³-hybridized carbons (Fsp3) is 0.0769. The highest BCUT2D eigenvalue weighted by atomic mass is 15.2. The van der Waals surface area contributed by atoms with Crippen LogP contribution in [0.1, 0.15) is 26.3 Å². The molecule has 10 rings (SSSR count). The Balaban J connectivity index is 1.25. The van der Waals surface area contributed by atoms with E-state index in [-0.39, 0.29) is 5.41 Å². The van der Waals surface area contributed by atoms with Gasteiger partial charge in [0.2, 0.25) is 5.95 Å². The Hall–Kier alpha value is -7.04. The summed E-state index contributed by atoms with van der Waals surface area (Å²) in [7, 11) is 0. The Bertz CT molecular complexity index is 3000. The van der Waals surface area contributed by atoms with E-state index >= 15 is 0 Å². The Morgan fingerprint density at radius 2 is 1.04 bits per heavy atom. The molecule has 0 N–H and O–H groups in total. The van der Waals surface area contributed by atoms with Gasteiger partial charge in [-0.05, 0) is 81.8 Å². The number of fused-ring (bicyclic) bond motifs is 4. The van der Waals surface area contributed by atoms with Crippen molar-refractivity contribution < 1.29 is 0 Å². The van der Waals surface area contributed by atoms with E-state index in [0.717, 1.165) is 72.8 Å². The first-order chi connectivity index (χ1) is 27.4. The first kappa shape index (κ1) is 33.5. The average Bonchev–Trinajstić information content (AvgIpc) is 3.79. The van der Waals surface area contributed by atoms with Crippen LogP contribution in [0, 0.1) is 0 Å². The molecular formula is C52H40N4. The molecule has 0 saturated heterocycles. The standard InChI is InChI=1S/C52H40N4/c1-52(2,3)40-28-29-48(44(34-40)36-18-8-5-9-19-36)56-49-27-15-24-41(38-20-14-21-39(32-38)45-33-37(30-31-53-45)35-16-6-4-7-17-35)50(49)54-51(56)55-46-25-12-10-22-42(46)43-23-11-13-26-47(43)55/h4-34H,1-3H3. The number of aromatic nitrogens is 4. The lowest BCUT2D eigenvalue weighted by Gasteiger charge is -2.23. The number of hydrogen-bond acceptors (Lipinski definition) is 2. The van der Waals surface area contributed by atoms with Gasteiger partial charge in [0.15, 0.2) is 0 Å². The van der Waals surface area contributed by atoms with E-state index in [1.807, 2.05) is 12.3 Å². The molecule has 0 aliphatic carbocycles. The second kappa shape index (κ2) is 13.4. The van der Waals surface area contributed by atoms with Gasteiger partial charge in [-0.2, -0.15) is 0 Å². The maximum atomic E-state index is 5.68. The zero-order valence-electron chi connectivity index (χ0n) is 31.7. The molecule has 56 heavy (non-hydrogen) atoms. The quantitative estimate of drug-likeness (QED) is 0.171. The highest BCUT2D eigenvalue weighted by molar-refractivity contribution is 6.09. The predicted octanol–water partition coefficient (Wildman–Crippen LogP) is 13.5. The van der Waals surface area contributed by atoms with Gasteiger partial charge in [0.05, 0.1) is 33.4 Å². The Labute approximate surface area is 327 Å². The summed E-state index contributed by atoms with van der Waals surface area (Å²) in [5, 5.41) is 2.40. The monoisotopic (exact) mass is 720 g/mol. The second-order valence-corrected chi connectivity index (χ2v) is 15.5. The fourth-order valence-corrected chi connectivity index (χ4v) is 8.14. The van der Waals surface area contributed by atoms with Gasteiger partial charge in [0, 0.05) is 33.7 Å².